The maximum Gasteiger partial charge on any atom is 0.289 e. The minimum Gasteiger partial charge on any atom is -0.378 e. The van der Waals surface area contributed by atoms with E-state index in [0.717, 1.165) is 18.2 Å². The highest BCUT2D eigenvalue weighted by Gasteiger charge is 2.18. The SMILES string of the molecule is O=C(Cc1c(Cl)cccc1Cl)NNC(=O)c1csc(N2CCOCC2)n1. The number of anilines is 1. The summed E-state index contributed by atoms with van der Waals surface area (Å²) in [6.07, 6.45) is -0.0467. The number of halogens is 2. The number of amides is 2. The maximum atomic E-state index is 12.2. The van der Waals surface area contributed by atoms with Crippen molar-refractivity contribution < 1.29 is 14.3 Å². The topological polar surface area (TPSA) is 83.6 Å². The molecule has 0 atom stereocenters. The minimum atomic E-state index is -0.487. The second kappa shape index (κ2) is 8.68. The van der Waals surface area contributed by atoms with Gasteiger partial charge < -0.3 is 9.64 Å². The lowest BCUT2D eigenvalue weighted by atomic mass is 10.1. The van der Waals surface area contributed by atoms with E-state index >= 15 is 0 Å². The van der Waals surface area contributed by atoms with Gasteiger partial charge in [0.15, 0.2) is 5.13 Å². The van der Waals surface area contributed by atoms with Crippen LogP contribution in [0.2, 0.25) is 10.0 Å². The number of hydrogen-bond acceptors (Lipinski definition) is 6. The van der Waals surface area contributed by atoms with E-state index in [1.165, 1.54) is 11.3 Å². The Morgan fingerprint density at radius 1 is 1.19 bits per heavy atom. The van der Waals surface area contributed by atoms with Crippen LogP contribution < -0.4 is 15.8 Å². The molecule has 1 aromatic heterocycles. The predicted octanol–water partition coefficient (Wildman–Crippen LogP) is 2.29. The van der Waals surface area contributed by atoms with Crippen molar-refractivity contribution in [1.82, 2.24) is 15.8 Å². The number of morpholine rings is 1. The van der Waals surface area contributed by atoms with Crippen LogP contribution in [0.25, 0.3) is 0 Å². The number of rotatable bonds is 4. The summed E-state index contributed by atoms with van der Waals surface area (Å²) in [6.45, 7) is 2.76. The number of hydrogen-bond donors (Lipinski definition) is 2. The Morgan fingerprint density at radius 3 is 2.58 bits per heavy atom. The zero-order valence-corrected chi connectivity index (χ0v) is 16.0. The van der Waals surface area contributed by atoms with Crippen molar-refractivity contribution in [2.45, 2.75) is 6.42 Å². The first-order valence-corrected chi connectivity index (χ1v) is 9.48. The molecule has 7 nitrogen and oxygen atoms in total. The standard InChI is InChI=1S/C16H16Cl2N4O3S/c17-11-2-1-3-12(18)10(11)8-14(23)20-21-15(24)13-9-26-16(19-13)22-4-6-25-7-5-22/h1-3,9H,4-8H2,(H,20,23)(H,21,24). The molecule has 2 heterocycles. The summed E-state index contributed by atoms with van der Waals surface area (Å²) in [4.78, 5) is 30.5. The van der Waals surface area contributed by atoms with Crippen molar-refractivity contribution >= 4 is 51.5 Å². The van der Waals surface area contributed by atoms with E-state index in [9.17, 15) is 9.59 Å². The molecule has 1 fully saturated rings. The van der Waals surface area contributed by atoms with Gasteiger partial charge in [-0.2, -0.15) is 0 Å². The first-order chi connectivity index (χ1) is 12.5. The van der Waals surface area contributed by atoms with Gasteiger partial charge in [-0.3, -0.25) is 20.4 Å². The normalized spacial score (nSPS) is 14.2. The smallest absolute Gasteiger partial charge is 0.289 e. The van der Waals surface area contributed by atoms with Crippen molar-refractivity contribution in [2.24, 2.45) is 0 Å². The molecule has 1 aromatic carbocycles. The van der Waals surface area contributed by atoms with Gasteiger partial charge in [-0.25, -0.2) is 4.98 Å². The second-order valence-corrected chi connectivity index (χ2v) is 7.14. The van der Waals surface area contributed by atoms with Crippen molar-refractivity contribution in [3.8, 4) is 0 Å². The lowest BCUT2D eigenvalue weighted by Gasteiger charge is -2.25. The minimum absolute atomic E-state index is 0.0467. The predicted molar refractivity (Wildman–Crippen MR) is 101 cm³/mol. The highest BCUT2D eigenvalue weighted by molar-refractivity contribution is 7.13. The highest BCUT2D eigenvalue weighted by atomic mass is 35.5. The van der Waals surface area contributed by atoms with Crippen molar-refractivity contribution in [2.75, 3.05) is 31.2 Å². The largest absolute Gasteiger partial charge is 0.378 e. The van der Waals surface area contributed by atoms with Crippen molar-refractivity contribution in [3.05, 3.63) is 44.9 Å². The van der Waals surface area contributed by atoms with Crippen LogP contribution >= 0.6 is 34.5 Å². The number of nitrogens with zero attached hydrogens (tertiary/aromatic N) is 2. The maximum absolute atomic E-state index is 12.2. The van der Waals surface area contributed by atoms with Gasteiger partial charge in [0, 0.05) is 28.5 Å². The number of carbonyl (C=O) groups is 2. The van der Waals surface area contributed by atoms with Gasteiger partial charge in [0.05, 0.1) is 19.6 Å². The van der Waals surface area contributed by atoms with Gasteiger partial charge in [0.2, 0.25) is 5.91 Å². The van der Waals surface area contributed by atoms with Crippen LogP contribution in [-0.4, -0.2) is 43.1 Å². The van der Waals surface area contributed by atoms with E-state index in [1.807, 2.05) is 0 Å². The summed E-state index contributed by atoms with van der Waals surface area (Å²) in [5.41, 5.74) is 5.45. The summed E-state index contributed by atoms with van der Waals surface area (Å²) in [5.74, 6) is -0.920. The first-order valence-electron chi connectivity index (χ1n) is 7.85. The van der Waals surface area contributed by atoms with Gasteiger partial charge in [0.1, 0.15) is 5.69 Å². The third kappa shape index (κ3) is 4.64. The number of nitrogens with one attached hydrogen (secondary N) is 2. The van der Waals surface area contributed by atoms with Gasteiger partial charge in [-0.05, 0) is 17.7 Å². The molecule has 0 unspecified atom stereocenters. The Labute approximate surface area is 164 Å². The van der Waals surface area contributed by atoms with Crippen molar-refractivity contribution in [3.63, 3.8) is 0 Å². The molecule has 2 aromatic rings. The Morgan fingerprint density at radius 2 is 1.88 bits per heavy atom. The van der Waals surface area contributed by atoms with Crippen LogP contribution in [0, 0.1) is 0 Å². The third-order valence-electron chi connectivity index (χ3n) is 3.72. The molecule has 0 spiro atoms. The van der Waals surface area contributed by atoms with E-state index in [1.54, 1.807) is 23.6 Å². The summed E-state index contributed by atoms with van der Waals surface area (Å²) in [6, 6.07) is 5.00. The number of thiazole rings is 1. The van der Waals surface area contributed by atoms with E-state index in [4.69, 9.17) is 27.9 Å². The Bertz CT molecular complexity index is 788. The molecule has 2 amide bonds. The third-order valence-corrected chi connectivity index (χ3v) is 5.33. The van der Waals surface area contributed by atoms with Crippen LogP contribution in [0.15, 0.2) is 23.6 Å². The van der Waals surface area contributed by atoms with Crippen LogP contribution in [0.5, 0.6) is 0 Å². The summed E-state index contributed by atoms with van der Waals surface area (Å²) >= 11 is 13.4. The number of aromatic nitrogens is 1. The molecule has 0 saturated carbocycles. The summed E-state index contributed by atoms with van der Waals surface area (Å²) < 4.78 is 5.30. The van der Waals surface area contributed by atoms with Gasteiger partial charge in [-0.15, -0.1) is 11.3 Å². The van der Waals surface area contributed by atoms with Gasteiger partial charge >= 0.3 is 0 Å². The molecule has 1 aliphatic rings. The molecule has 10 heteroatoms. The Hall–Kier alpha value is -1.87. The van der Waals surface area contributed by atoms with E-state index in [2.05, 4.69) is 20.7 Å². The van der Waals surface area contributed by atoms with Gasteiger partial charge in [0.25, 0.3) is 5.91 Å². The molecule has 26 heavy (non-hydrogen) atoms. The van der Waals surface area contributed by atoms with Crippen LogP contribution in [0.3, 0.4) is 0 Å². The highest BCUT2D eigenvalue weighted by Crippen LogP contribution is 2.24. The van der Waals surface area contributed by atoms with E-state index < -0.39 is 11.8 Å². The molecule has 3 rings (SSSR count). The Kier molecular flexibility index (Phi) is 6.31. The Balaban J connectivity index is 1.53. The summed E-state index contributed by atoms with van der Waals surface area (Å²) in [5, 5.41) is 3.20. The lowest BCUT2D eigenvalue weighted by Crippen LogP contribution is -2.42. The zero-order valence-electron chi connectivity index (χ0n) is 13.6. The molecule has 2 N–H and O–H groups in total. The van der Waals surface area contributed by atoms with E-state index in [0.29, 0.717) is 28.8 Å². The van der Waals surface area contributed by atoms with Crippen LogP contribution in [0.1, 0.15) is 16.1 Å². The lowest BCUT2D eigenvalue weighted by molar-refractivity contribution is -0.121. The molecule has 0 aliphatic carbocycles. The number of benzene rings is 1. The summed E-state index contributed by atoms with van der Waals surface area (Å²) in [7, 11) is 0. The monoisotopic (exact) mass is 414 g/mol. The molecular weight excluding hydrogens is 399 g/mol. The average Bonchev–Trinajstić information content (AvgIpc) is 3.14. The molecule has 1 aliphatic heterocycles. The molecule has 0 bridgehead atoms. The second-order valence-electron chi connectivity index (χ2n) is 5.49. The van der Waals surface area contributed by atoms with Crippen LogP contribution in [-0.2, 0) is 16.0 Å². The molecule has 1 saturated heterocycles. The number of ether oxygens (including phenoxy) is 1. The quantitative estimate of drug-likeness (QED) is 0.749. The average molecular weight is 415 g/mol. The zero-order chi connectivity index (χ0) is 18.5. The van der Waals surface area contributed by atoms with E-state index in [-0.39, 0.29) is 12.1 Å². The fourth-order valence-electron chi connectivity index (χ4n) is 2.36. The fraction of sp³-hybridized carbons (Fsp3) is 0.312. The van der Waals surface area contributed by atoms with Crippen LogP contribution in [0.4, 0.5) is 5.13 Å². The number of carbonyl (C=O) groups excluding carboxylic acids is 2. The van der Waals surface area contributed by atoms with Crippen molar-refractivity contribution in [1.29, 1.82) is 0 Å². The van der Waals surface area contributed by atoms with Gasteiger partial charge in [-0.1, -0.05) is 29.3 Å². The first kappa shape index (κ1) is 18.9. The molecule has 138 valence electrons. The number of hydrazine groups is 1. The molecule has 0 radical (unpaired) electrons. The molecular formula is C16H16Cl2N4O3S. The fourth-order valence-corrected chi connectivity index (χ4v) is 3.76.